The van der Waals surface area contributed by atoms with Crippen LogP contribution >= 0.6 is 0 Å². The van der Waals surface area contributed by atoms with E-state index in [1.807, 2.05) is 6.07 Å². The summed E-state index contributed by atoms with van der Waals surface area (Å²) in [6.45, 7) is 0. The molecule has 3 aromatic rings. The number of aromatic nitrogens is 3. The fourth-order valence-corrected chi connectivity index (χ4v) is 1.81. The molecule has 0 aliphatic rings. The number of halogens is 1. The second-order valence-electron chi connectivity index (χ2n) is 3.86. The van der Waals surface area contributed by atoms with Crippen LogP contribution in [0.3, 0.4) is 0 Å². The number of nitrogens with zero attached hydrogens (tertiary/aromatic N) is 3. The maximum absolute atomic E-state index is 14.0. The molecule has 2 heterocycles. The van der Waals surface area contributed by atoms with Crippen molar-refractivity contribution < 1.29 is 4.39 Å². The van der Waals surface area contributed by atoms with Crippen LogP contribution in [0.2, 0.25) is 0 Å². The molecule has 4 nitrogen and oxygen atoms in total. The van der Waals surface area contributed by atoms with Crippen molar-refractivity contribution in [1.82, 2.24) is 15.0 Å². The van der Waals surface area contributed by atoms with E-state index in [1.54, 1.807) is 18.3 Å². The third kappa shape index (κ3) is 1.75. The van der Waals surface area contributed by atoms with Crippen molar-refractivity contribution in [3.63, 3.8) is 0 Å². The number of rotatable bonds is 1. The smallest absolute Gasteiger partial charge is 0.133 e. The molecule has 1 aromatic carbocycles. The first-order valence-corrected chi connectivity index (χ1v) is 5.36. The molecule has 0 aliphatic carbocycles. The van der Waals surface area contributed by atoms with Crippen molar-refractivity contribution in [2.75, 3.05) is 5.73 Å². The van der Waals surface area contributed by atoms with Crippen LogP contribution in [0.5, 0.6) is 0 Å². The standard InChI is InChI=1S/C13H9FN4/c14-10-4-8-2-1-3-16-11(8)5-9(10)12-6-13(15)18-7-17-12/h1-7H,(H2,15,17,18). The number of anilines is 1. The van der Waals surface area contributed by atoms with Crippen LogP contribution in [0.25, 0.3) is 22.2 Å². The second kappa shape index (κ2) is 4.03. The topological polar surface area (TPSA) is 64.7 Å². The maximum Gasteiger partial charge on any atom is 0.133 e. The normalized spacial score (nSPS) is 10.7. The van der Waals surface area contributed by atoms with E-state index < -0.39 is 0 Å². The number of pyridine rings is 1. The summed E-state index contributed by atoms with van der Waals surface area (Å²) < 4.78 is 14.0. The van der Waals surface area contributed by atoms with Crippen LogP contribution in [-0.2, 0) is 0 Å². The van der Waals surface area contributed by atoms with Gasteiger partial charge < -0.3 is 5.73 Å². The first-order valence-electron chi connectivity index (χ1n) is 5.36. The number of nitrogens with two attached hydrogens (primary N) is 1. The minimum atomic E-state index is -0.353. The Kier molecular flexibility index (Phi) is 2.37. The Hall–Kier alpha value is -2.56. The van der Waals surface area contributed by atoms with Crippen LogP contribution in [0, 0.1) is 5.82 Å². The molecule has 0 aliphatic heterocycles. The van der Waals surface area contributed by atoms with Gasteiger partial charge in [0, 0.05) is 23.2 Å². The molecule has 0 spiro atoms. The predicted molar refractivity (Wildman–Crippen MR) is 67.1 cm³/mol. The van der Waals surface area contributed by atoms with Gasteiger partial charge in [0.1, 0.15) is 18.0 Å². The number of hydrogen-bond acceptors (Lipinski definition) is 4. The van der Waals surface area contributed by atoms with E-state index in [9.17, 15) is 4.39 Å². The molecule has 3 rings (SSSR count). The van der Waals surface area contributed by atoms with Crippen LogP contribution in [0.4, 0.5) is 10.2 Å². The zero-order chi connectivity index (χ0) is 12.5. The van der Waals surface area contributed by atoms with Gasteiger partial charge >= 0.3 is 0 Å². The fourth-order valence-electron chi connectivity index (χ4n) is 1.81. The van der Waals surface area contributed by atoms with Crippen molar-refractivity contribution >= 4 is 16.7 Å². The molecule has 0 radical (unpaired) electrons. The van der Waals surface area contributed by atoms with Crippen LogP contribution in [0.15, 0.2) is 42.9 Å². The lowest BCUT2D eigenvalue weighted by Gasteiger charge is -2.05. The molecule has 0 unspecified atom stereocenters. The summed E-state index contributed by atoms with van der Waals surface area (Å²) >= 11 is 0. The molecule has 0 amide bonds. The van der Waals surface area contributed by atoms with Crippen molar-refractivity contribution in [3.8, 4) is 11.3 Å². The highest BCUT2D eigenvalue weighted by Gasteiger charge is 2.09. The molecule has 88 valence electrons. The SMILES string of the molecule is Nc1cc(-c2cc3ncccc3cc2F)ncn1. The Labute approximate surface area is 102 Å². The molecule has 0 atom stereocenters. The maximum atomic E-state index is 14.0. The van der Waals surface area contributed by atoms with Crippen molar-refractivity contribution in [2.24, 2.45) is 0 Å². The van der Waals surface area contributed by atoms with Gasteiger partial charge in [-0.05, 0) is 18.2 Å². The summed E-state index contributed by atoms with van der Waals surface area (Å²) in [6, 6.07) is 8.21. The van der Waals surface area contributed by atoms with Gasteiger partial charge in [-0.15, -0.1) is 0 Å². The van der Waals surface area contributed by atoms with E-state index in [-0.39, 0.29) is 5.82 Å². The monoisotopic (exact) mass is 240 g/mol. The zero-order valence-electron chi connectivity index (χ0n) is 9.34. The zero-order valence-corrected chi connectivity index (χ0v) is 9.34. The molecule has 0 bridgehead atoms. The van der Waals surface area contributed by atoms with E-state index in [4.69, 9.17) is 5.73 Å². The molecule has 0 saturated heterocycles. The van der Waals surface area contributed by atoms with E-state index in [1.165, 1.54) is 18.5 Å². The van der Waals surface area contributed by atoms with Gasteiger partial charge in [0.15, 0.2) is 0 Å². The Morgan fingerprint density at radius 3 is 2.78 bits per heavy atom. The molecule has 18 heavy (non-hydrogen) atoms. The van der Waals surface area contributed by atoms with Crippen LogP contribution in [0.1, 0.15) is 0 Å². The Bertz CT molecular complexity index is 727. The van der Waals surface area contributed by atoms with Gasteiger partial charge in [0.2, 0.25) is 0 Å². The summed E-state index contributed by atoms with van der Waals surface area (Å²) in [6.07, 6.45) is 2.98. The Balaban J connectivity index is 2.26. The van der Waals surface area contributed by atoms with Gasteiger partial charge in [-0.3, -0.25) is 4.98 Å². The molecule has 5 heteroatoms. The fraction of sp³-hybridized carbons (Fsp3) is 0. The lowest BCUT2D eigenvalue weighted by Crippen LogP contribution is -1.94. The number of fused-ring (bicyclic) bond motifs is 1. The highest BCUT2D eigenvalue weighted by molar-refractivity contribution is 5.83. The summed E-state index contributed by atoms with van der Waals surface area (Å²) in [4.78, 5) is 12.0. The van der Waals surface area contributed by atoms with E-state index >= 15 is 0 Å². The van der Waals surface area contributed by atoms with Gasteiger partial charge in [-0.1, -0.05) is 6.07 Å². The average molecular weight is 240 g/mol. The highest BCUT2D eigenvalue weighted by atomic mass is 19.1. The Morgan fingerprint density at radius 2 is 1.94 bits per heavy atom. The third-order valence-electron chi connectivity index (χ3n) is 2.66. The van der Waals surface area contributed by atoms with E-state index in [0.717, 1.165) is 5.39 Å². The largest absolute Gasteiger partial charge is 0.384 e. The first-order chi connectivity index (χ1) is 8.74. The summed E-state index contributed by atoms with van der Waals surface area (Å²) in [7, 11) is 0. The predicted octanol–water partition coefficient (Wildman–Crippen LogP) is 2.41. The minimum absolute atomic E-state index is 0.306. The van der Waals surface area contributed by atoms with Crippen LogP contribution < -0.4 is 5.73 Å². The van der Waals surface area contributed by atoms with Gasteiger partial charge in [0.25, 0.3) is 0 Å². The van der Waals surface area contributed by atoms with Gasteiger partial charge in [-0.25, -0.2) is 14.4 Å². The lowest BCUT2D eigenvalue weighted by molar-refractivity contribution is 0.632. The van der Waals surface area contributed by atoms with Crippen molar-refractivity contribution in [2.45, 2.75) is 0 Å². The molecular weight excluding hydrogens is 231 g/mol. The van der Waals surface area contributed by atoms with Gasteiger partial charge in [-0.2, -0.15) is 0 Å². The van der Waals surface area contributed by atoms with E-state index in [2.05, 4.69) is 15.0 Å². The summed E-state index contributed by atoms with van der Waals surface area (Å²) in [5.74, 6) is -0.0471. The van der Waals surface area contributed by atoms with E-state index in [0.29, 0.717) is 22.6 Å². The number of benzene rings is 1. The molecule has 0 saturated carbocycles. The third-order valence-corrected chi connectivity index (χ3v) is 2.66. The first kappa shape index (κ1) is 10.6. The minimum Gasteiger partial charge on any atom is -0.384 e. The van der Waals surface area contributed by atoms with Crippen LogP contribution in [-0.4, -0.2) is 15.0 Å². The highest BCUT2D eigenvalue weighted by Crippen LogP contribution is 2.25. The summed E-state index contributed by atoms with van der Waals surface area (Å²) in [5.41, 5.74) is 7.11. The Morgan fingerprint density at radius 1 is 1.06 bits per heavy atom. The quantitative estimate of drug-likeness (QED) is 0.709. The molecular formula is C13H9FN4. The molecule has 2 N–H and O–H groups in total. The van der Waals surface area contributed by atoms with Crippen molar-refractivity contribution in [3.05, 3.63) is 48.7 Å². The molecule has 2 aromatic heterocycles. The summed E-state index contributed by atoms with van der Waals surface area (Å²) in [5, 5.41) is 0.751. The molecule has 0 fully saturated rings. The van der Waals surface area contributed by atoms with Crippen molar-refractivity contribution in [1.29, 1.82) is 0 Å². The second-order valence-corrected chi connectivity index (χ2v) is 3.86. The van der Waals surface area contributed by atoms with Gasteiger partial charge in [0.05, 0.1) is 11.2 Å². The average Bonchev–Trinajstić information content (AvgIpc) is 2.38. The number of nitrogen functional groups attached to an aromatic ring is 1. The number of hydrogen-bond donors (Lipinski definition) is 1. The lowest BCUT2D eigenvalue weighted by atomic mass is 10.1.